The number of amides is 1. The van der Waals surface area contributed by atoms with Crippen molar-refractivity contribution in [2.45, 2.75) is 37.9 Å². The van der Waals surface area contributed by atoms with Gasteiger partial charge in [0, 0.05) is 37.6 Å². The molecule has 1 saturated heterocycles. The van der Waals surface area contributed by atoms with E-state index in [0.29, 0.717) is 17.3 Å². The molecule has 3 rings (SSSR count). The van der Waals surface area contributed by atoms with E-state index in [-0.39, 0.29) is 36.0 Å². The highest BCUT2D eigenvalue weighted by atomic mass is 32.2. The van der Waals surface area contributed by atoms with Crippen molar-refractivity contribution in [3.8, 4) is 0 Å². The third kappa shape index (κ3) is 4.20. The first kappa shape index (κ1) is 22.2. The Morgan fingerprint density at radius 1 is 1.17 bits per heavy atom. The molecule has 2 heterocycles. The molecule has 1 aromatic carbocycles. The molecule has 0 bridgehead atoms. The second-order valence-corrected chi connectivity index (χ2v) is 9.23. The lowest BCUT2D eigenvalue weighted by Crippen LogP contribution is -2.55. The number of rotatable bonds is 3. The number of aromatic nitrogens is 1. The minimum atomic E-state index is -4.64. The highest BCUT2D eigenvalue weighted by Gasteiger charge is 2.37. The van der Waals surface area contributed by atoms with Crippen molar-refractivity contribution in [1.29, 1.82) is 0 Å². The zero-order chi connectivity index (χ0) is 22.3. The molecule has 2 aromatic rings. The van der Waals surface area contributed by atoms with Gasteiger partial charge < -0.3 is 4.90 Å². The smallest absolute Gasteiger partial charge is 0.333 e. The standard InChI is InChI=1S/C20H22F3N3O3S/c1-13-6-7-16(20(21,22)23)11-18(13)30(28,29)25-9-10-26(14(2)12-25)19(27)17-5-4-8-24-15(17)3/h4-8,11,14H,9-10,12H2,1-3H3. The van der Waals surface area contributed by atoms with Crippen LogP contribution in [0.4, 0.5) is 13.2 Å². The van der Waals surface area contributed by atoms with E-state index < -0.39 is 27.8 Å². The Hall–Kier alpha value is -2.46. The quantitative estimate of drug-likeness (QED) is 0.733. The van der Waals surface area contributed by atoms with Gasteiger partial charge in [0.1, 0.15) is 0 Å². The molecule has 0 spiro atoms. The van der Waals surface area contributed by atoms with E-state index in [1.807, 2.05) is 0 Å². The highest BCUT2D eigenvalue weighted by molar-refractivity contribution is 7.89. The Balaban J connectivity index is 1.84. The summed E-state index contributed by atoms with van der Waals surface area (Å²) < 4.78 is 66.5. The van der Waals surface area contributed by atoms with Gasteiger partial charge in [0.25, 0.3) is 5.91 Å². The van der Waals surface area contributed by atoms with Crippen LogP contribution in [-0.2, 0) is 16.2 Å². The molecule has 1 unspecified atom stereocenters. The zero-order valence-electron chi connectivity index (χ0n) is 16.8. The van der Waals surface area contributed by atoms with E-state index in [1.165, 1.54) is 6.92 Å². The van der Waals surface area contributed by atoms with E-state index in [4.69, 9.17) is 0 Å². The van der Waals surface area contributed by atoms with Crippen molar-refractivity contribution >= 4 is 15.9 Å². The Morgan fingerprint density at radius 2 is 1.87 bits per heavy atom. The minimum Gasteiger partial charge on any atom is -0.333 e. The molecule has 0 radical (unpaired) electrons. The molecule has 6 nitrogen and oxygen atoms in total. The number of hydrogen-bond acceptors (Lipinski definition) is 4. The fourth-order valence-electron chi connectivity index (χ4n) is 3.50. The second kappa shape index (κ2) is 7.99. The first-order valence-electron chi connectivity index (χ1n) is 9.33. The molecule has 0 N–H and O–H groups in total. The van der Waals surface area contributed by atoms with E-state index in [0.717, 1.165) is 16.4 Å². The number of benzene rings is 1. The Bertz CT molecular complexity index is 1070. The molecule has 1 aliphatic rings. The number of aryl methyl sites for hydroxylation is 2. The molecule has 1 aliphatic heterocycles. The van der Waals surface area contributed by atoms with Crippen molar-refractivity contribution in [1.82, 2.24) is 14.2 Å². The largest absolute Gasteiger partial charge is 0.416 e. The molecule has 1 amide bonds. The molecule has 1 atom stereocenters. The number of carbonyl (C=O) groups is 1. The van der Waals surface area contributed by atoms with E-state index in [1.54, 1.807) is 37.1 Å². The Morgan fingerprint density at radius 3 is 2.47 bits per heavy atom. The van der Waals surface area contributed by atoms with Crippen LogP contribution in [-0.4, -0.2) is 54.2 Å². The average Bonchev–Trinajstić information content (AvgIpc) is 2.67. The van der Waals surface area contributed by atoms with Crippen molar-refractivity contribution < 1.29 is 26.4 Å². The third-order valence-electron chi connectivity index (χ3n) is 5.22. The van der Waals surface area contributed by atoms with Crippen molar-refractivity contribution in [3.05, 3.63) is 58.9 Å². The average molecular weight is 441 g/mol. The van der Waals surface area contributed by atoms with Crippen LogP contribution >= 0.6 is 0 Å². The van der Waals surface area contributed by atoms with Crippen LogP contribution in [0.15, 0.2) is 41.4 Å². The fraction of sp³-hybridized carbons (Fsp3) is 0.400. The number of pyridine rings is 1. The van der Waals surface area contributed by atoms with Gasteiger partial charge in [0.05, 0.1) is 16.0 Å². The van der Waals surface area contributed by atoms with Gasteiger partial charge in [-0.2, -0.15) is 17.5 Å². The summed E-state index contributed by atoms with van der Waals surface area (Å²) >= 11 is 0. The van der Waals surface area contributed by atoms with Crippen LogP contribution in [0.2, 0.25) is 0 Å². The van der Waals surface area contributed by atoms with Crippen LogP contribution in [0.5, 0.6) is 0 Å². The predicted molar refractivity (Wildman–Crippen MR) is 104 cm³/mol. The number of halogens is 3. The molecule has 0 aliphatic carbocycles. The topological polar surface area (TPSA) is 70.6 Å². The molecular formula is C20H22F3N3O3S. The summed E-state index contributed by atoms with van der Waals surface area (Å²) in [6.07, 6.45) is -3.06. The number of sulfonamides is 1. The van der Waals surface area contributed by atoms with E-state index in [2.05, 4.69) is 4.98 Å². The monoisotopic (exact) mass is 441 g/mol. The van der Waals surface area contributed by atoms with Gasteiger partial charge in [-0.05, 0) is 50.6 Å². The molecule has 162 valence electrons. The second-order valence-electron chi connectivity index (χ2n) is 7.33. The first-order valence-corrected chi connectivity index (χ1v) is 10.8. The maximum atomic E-state index is 13.1. The third-order valence-corrected chi connectivity index (χ3v) is 7.23. The maximum absolute atomic E-state index is 13.1. The molecular weight excluding hydrogens is 419 g/mol. The minimum absolute atomic E-state index is 0.00654. The summed E-state index contributed by atoms with van der Waals surface area (Å²) in [5.74, 6) is -0.250. The molecule has 1 aromatic heterocycles. The van der Waals surface area contributed by atoms with Crippen LogP contribution < -0.4 is 0 Å². The summed E-state index contributed by atoms with van der Waals surface area (Å²) in [6.45, 7) is 5.00. The van der Waals surface area contributed by atoms with Crippen molar-refractivity contribution in [2.75, 3.05) is 19.6 Å². The summed E-state index contributed by atoms with van der Waals surface area (Å²) in [6, 6.07) is 5.56. The molecule has 1 fully saturated rings. The lowest BCUT2D eigenvalue weighted by atomic mass is 10.1. The SMILES string of the molecule is Cc1ccc(C(F)(F)F)cc1S(=O)(=O)N1CCN(C(=O)c2cccnc2C)C(C)C1. The fourth-order valence-corrected chi connectivity index (χ4v) is 5.27. The van der Waals surface area contributed by atoms with Gasteiger partial charge in [-0.1, -0.05) is 6.07 Å². The lowest BCUT2D eigenvalue weighted by Gasteiger charge is -2.39. The van der Waals surface area contributed by atoms with Gasteiger partial charge >= 0.3 is 6.18 Å². The van der Waals surface area contributed by atoms with Gasteiger partial charge in [0.15, 0.2) is 0 Å². The maximum Gasteiger partial charge on any atom is 0.416 e. The zero-order valence-corrected chi connectivity index (χ0v) is 17.6. The normalized spacial score (nSPS) is 18.5. The molecule has 30 heavy (non-hydrogen) atoms. The Labute approximate surface area is 173 Å². The van der Waals surface area contributed by atoms with Crippen molar-refractivity contribution in [2.24, 2.45) is 0 Å². The summed E-state index contributed by atoms with van der Waals surface area (Å²) in [5, 5.41) is 0. The number of piperazine rings is 1. The van der Waals surface area contributed by atoms with Crippen LogP contribution in [0.3, 0.4) is 0 Å². The summed E-state index contributed by atoms with van der Waals surface area (Å²) in [5.41, 5.74) is 0.236. The van der Waals surface area contributed by atoms with E-state index in [9.17, 15) is 26.4 Å². The molecule has 0 saturated carbocycles. The van der Waals surface area contributed by atoms with Crippen LogP contribution in [0.1, 0.15) is 34.1 Å². The van der Waals surface area contributed by atoms with Gasteiger partial charge in [0.2, 0.25) is 10.0 Å². The van der Waals surface area contributed by atoms with Gasteiger partial charge in [-0.15, -0.1) is 0 Å². The number of alkyl halides is 3. The first-order chi connectivity index (χ1) is 13.9. The van der Waals surface area contributed by atoms with Gasteiger partial charge in [-0.3, -0.25) is 9.78 Å². The number of carbonyl (C=O) groups excluding carboxylic acids is 1. The van der Waals surface area contributed by atoms with E-state index >= 15 is 0 Å². The number of nitrogens with zero attached hydrogens (tertiary/aromatic N) is 3. The lowest BCUT2D eigenvalue weighted by molar-refractivity contribution is -0.137. The molecule has 10 heteroatoms. The Kier molecular flexibility index (Phi) is 5.92. The number of hydrogen-bond donors (Lipinski definition) is 0. The predicted octanol–water partition coefficient (Wildman–Crippen LogP) is 3.25. The van der Waals surface area contributed by atoms with Crippen molar-refractivity contribution in [3.63, 3.8) is 0 Å². The van der Waals surface area contributed by atoms with Crippen LogP contribution in [0, 0.1) is 13.8 Å². The van der Waals surface area contributed by atoms with Gasteiger partial charge in [-0.25, -0.2) is 8.42 Å². The highest BCUT2D eigenvalue weighted by Crippen LogP contribution is 2.33. The summed E-state index contributed by atoms with van der Waals surface area (Å²) in [4.78, 5) is 18.2. The van der Waals surface area contributed by atoms with Crippen LogP contribution in [0.25, 0.3) is 0 Å². The summed E-state index contributed by atoms with van der Waals surface area (Å²) in [7, 11) is -4.15.